The fourth-order valence-electron chi connectivity index (χ4n) is 0.698. The van der Waals surface area contributed by atoms with Gasteiger partial charge >= 0.3 is 0 Å². The van der Waals surface area contributed by atoms with Crippen LogP contribution in [0, 0.1) is 0 Å². The van der Waals surface area contributed by atoms with E-state index in [0.717, 1.165) is 0 Å². The number of phenolic OH excluding ortho intramolecular Hbond substituents is 1. The summed E-state index contributed by atoms with van der Waals surface area (Å²) in [5.74, 6) is 0.635. The number of para-hydroxylation sites is 2. The predicted octanol–water partition coefficient (Wildman–Crippen LogP) is 2.30. The molecule has 0 spiro atoms. The van der Waals surface area contributed by atoms with Gasteiger partial charge in [0.1, 0.15) is 0 Å². The Bertz CT molecular complexity index is 253. The zero-order valence-electron chi connectivity index (χ0n) is 6.32. The molecule has 0 unspecified atom stereocenters. The van der Waals surface area contributed by atoms with E-state index >= 15 is 0 Å². The van der Waals surface area contributed by atoms with Crippen molar-refractivity contribution in [1.29, 1.82) is 0 Å². The SMILES string of the molecule is C/C=C\Oc1ccccc1O. The van der Waals surface area contributed by atoms with Gasteiger partial charge in [-0.3, -0.25) is 0 Å². The lowest BCUT2D eigenvalue weighted by atomic mass is 10.3. The Morgan fingerprint density at radius 1 is 1.36 bits per heavy atom. The lowest BCUT2D eigenvalue weighted by molar-refractivity contribution is 0.410. The summed E-state index contributed by atoms with van der Waals surface area (Å²) in [6, 6.07) is 6.84. The Balaban J connectivity index is 2.77. The van der Waals surface area contributed by atoms with Gasteiger partial charge in [0.15, 0.2) is 11.5 Å². The number of aromatic hydroxyl groups is 1. The number of phenols is 1. The summed E-state index contributed by atoms with van der Waals surface area (Å²) >= 11 is 0. The average Bonchev–Trinajstić information content (AvgIpc) is 2.03. The van der Waals surface area contributed by atoms with E-state index in [1.165, 1.54) is 6.26 Å². The van der Waals surface area contributed by atoms with Gasteiger partial charge in [-0.05, 0) is 19.1 Å². The highest BCUT2D eigenvalue weighted by Gasteiger charge is 1.95. The van der Waals surface area contributed by atoms with Gasteiger partial charge in [0.25, 0.3) is 0 Å². The second-order valence-electron chi connectivity index (χ2n) is 2.05. The summed E-state index contributed by atoms with van der Waals surface area (Å²) in [5, 5.41) is 9.18. The molecule has 1 N–H and O–H groups in total. The van der Waals surface area contributed by atoms with E-state index in [2.05, 4.69) is 0 Å². The van der Waals surface area contributed by atoms with Crippen molar-refractivity contribution in [1.82, 2.24) is 0 Å². The highest BCUT2D eigenvalue weighted by Crippen LogP contribution is 2.24. The molecule has 0 bridgehead atoms. The zero-order chi connectivity index (χ0) is 8.10. The summed E-state index contributed by atoms with van der Waals surface area (Å²) in [6.07, 6.45) is 3.28. The maximum atomic E-state index is 9.18. The van der Waals surface area contributed by atoms with Gasteiger partial charge in [-0.25, -0.2) is 0 Å². The summed E-state index contributed by atoms with van der Waals surface area (Å²) in [5.41, 5.74) is 0. The first-order valence-electron chi connectivity index (χ1n) is 3.40. The summed E-state index contributed by atoms with van der Waals surface area (Å²) < 4.78 is 5.06. The van der Waals surface area contributed by atoms with Crippen LogP contribution < -0.4 is 4.74 Å². The van der Waals surface area contributed by atoms with Crippen LogP contribution in [0.1, 0.15) is 6.92 Å². The van der Waals surface area contributed by atoms with Crippen molar-refractivity contribution in [3.63, 3.8) is 0 Å². The molecule has 1 aromatic carbocycles. The van der Waals surface area contributed by atoms with Crippen LogP contribution in [0.3, 0.4) is 0 Å². The zero-order valence-corrected chi connectivity index (χ0v) is 6.32. The minimum atomic E-state index is 0.158. The monoisotopic (exact) mass is 150 g/mol. The quantitative estimate of drug-likeness (QED) is 0.655. The van der Waals surface area contributed by atoms with Crippen molar-refractivity contribution >= 4 is 0 Å². The summed E-state index contributed by atoms with van der Waals surface area (Å²) in [6.45, 7) is 1.85. The Hall–Kier alpha value is -1.44. The molecule has 0 saturated carbocycles. The van der Waals surface area contributed by atoms with Crippen LogP contribution in [-0.4, -0.2) is 5.11 Å². The molecule has 0 heterocycles. The Labute approximate surface area is 65.7 Å². The average molecular weight is 150 g/mol. The molecule has 0 aliphatic rings. The Morgan fingerprint density at radius 2 is 2.09 bits per heavy atom. The largest absolute Gasteiger partial charge is 0.504 e. The van der Waals surface area contributed by atoms with Crippen molar-refractivity contribution in [3.8, 4) is 11.5 Å². The van der Waals surface area contributed by atoms with Crippen LogP contribution in [-0.2, 0) is 0 Å². The number of hydrogen-bond donors (Lipinski definition) is 1. The maximum Gasteiger partial charge on any atom is 0.168 e. The van der Waals surface area contributed by atoms with Gasteiger partial charge in [0.05, 0.1) is 6.26 Å². The van der Waals surface area contributed by atoms with Crippen molar-refractivity contribution in [3.05, 3.63) is 36.6 Å². The van der Waals surface area contributed by atoms with Gasteiger partial charge in [0.2, 0.25) is 0 Å². The van der Waals surface area contributed by atoms with E-state index in [0.29, 0.717) is 5.75 Å². The molecule has 0 saturated heterocycles. The highest BCUT2D eigenvalue weighted by atomic mass is 16.5. The van der Waals surface area contributed by atoms with Gasteiger partial charge in [-0.1, -0.05) is 18.2 Å². The van der Waals surface area contributed by atoms with Gasteiger partial charge in [-0.15, -0.1) is 0 Å². The lowest BCUT2D eigenvalue weighted by Crippen LogP contribution is -1.80. The summed E-state index contributed by atoms with van der Waals surface area (Å²) in [4.78, 5) is 0. The van der Waals surface area contributed by atoms with Crippen molar-refractivity contribution in [2.24, 2.45) is 0 Å². The van der Waals surface area contributed by atoms with E-state index in [9.17, 15) is 5.11 Å². The van der Waals surface area contributed by atoms with Crippen molar-refractivity contribution in [2.75, 3.05) is 0 Å². The Kier molecular flexibility index (Phi) is 2.55. The second kappa shape index (κ2) is 3.66. The van der Waals surface area contributed by atoms with E-state index in [1.807, 2.05) is 6.92 Å². The van der Waals surface area contributed by atoms with Crippen molar-refractivity contribution in [2.45, 2.75) is 6.92 Å². The molecule has 0 amide bonds. The van der Waals surface area contributed by atoms with Gasteiger partial charge < -0.3 is 9.84 Å². The molecule has 2 heteroatoms. The minimum absolute atomic E-state index is 0.158. The molecule has 0 aliphatic heterocycles. The predicted molar refractivity (Wildman–Crippen MR) is 43.5 cm³/mol. The highest BCUT2D eigenvalue weighted by molar-refractivity contribution is 5.38. The number of allylic oxidation sites excluding steroid dienone is 1. The van der Waals surface area contributed by atoms with E-state index in [-0.39, 0.29) is 5.75 Å². The number of rotatable bonds is 2. The fourth-order valence-corrected chi connectivity index (χ4v) is 0.698. The number of benzene rings is 1. The molecular weight excluding hydrogens is 140 g/mol. The molecule has 1 aromatic rings. The molecule has 11 heavy (non-hydrogen) atoms. The third kappa shape index (κ3) is 2.00. The molecule has 2 nitrogen and oxygen atoms in total. The Morgan fingerprint density at radius 3 is 2.73 bits per heavy atom. The standard InChI is InChI=1S/C9H10O2/c1-2-7-11-9-6-4-3-5-8(9)10/h2-7,10H,1H3/b7-2-. The molecule has 0 fully saturated rings. The summed E-state index contributed by atoms with van der Waals surface area (Å²) in [7, 11) is 0. The lowest BCUT2D eigenvalue weighted by Gasteiger charge is -2.00. The van der Waals surface area contributed by atoms with Crippen LogP contribution in [0.15, 0.2) is 36.6 Å². The van der Waals surface area contributed by atoms with E-state index < -0.39 is 0 Å². The maximum absolute atomic E-state index is 9.18. The van der Waals surface area contributed by atoms with Crippen LogP contribution in [0.25, 0.3) is 0 Å². The molecule has 0 aromatic heterocycles. The van der Waals surface area contributed by atoms with Gasteiger partial charge in [-0.2, -0.15) is 0 Å². The smallest absolute Gasteiger partial charge is 0.168 e. The molecule has 58 valence electrons. The second-order valence-corrected chi connectivity index (χ2v) is 2.05. The minimum Gasteiger partial charge on any atom is -0.504 e. The van der Waals surface area contributed by atoms with Gasteiger partial charge in [0, 0.05) is 0 Å². The fraction of sp³-hybridized carbons (Fsp3) is 0.111. The normalized spacial score (nSPS) is 10.3. The third-order valence-electron chi connectivity index (χ3n) is 1.20. The third-order valence-corrected chi connectivity index (χ3v) is 1.20. The first-order valence-corrected chi connectivity index (χ1v) is 3.40. The van der Waals surface area contributed by atoms with Crippen LogP contribution in [0.2, 0.25) is 0 Å². The molecule has 0 aliphatic carbocycles. The molecule has 0 radical (unpaired) electrons. The van der Waals surface area contributed by atoms with Crippen LogP contribution in [0.5, 0.6) is 11.5 Å². The molecule has 1 rings (SSSR count). The first kappa shape index (κ1) is 7.66. The molecular formula is C9H10O2. The van der Waals surface area contributed by atoms with Crippen LogP contribution >= 0.6 is 0 Å². The van der Waals surface area contributed by atoms with E-state index in [4.69, 9.17) is 4.74 Å². The van der Waals surface area contributed by atoms with E-state index in [1.54, 1.807) is 30.3 Å². The number of hydrogen-bond acceptors (Lipinski definition) is 2. The van der Waals surface area contributed by atoms with Crippen molar-refractivity contribution < 1.29 is 9.84 Å². The van der Waals surface area contributed by atoms with Crippen LogP contribution in [0.4, 0.5) is 0 Å². The first-order chi connectivity index (χ1) is 5.34. The number of ether oxygens (including phenoxy) is 1. The topological polar surface area (TPSA) is 29.5 Å². The molecule has 0 atom stereocenters.